The van der Waals surface area contributed by atoms with Crippen LogP contribution in [-0.2, 0) is 0 Å². The van der Waals surface area contributed by atoms with Crippen LogP contribution in [0.15, 0.2) is 6.33 Å². The first-order chi connectivity index (χ1) is 6.18. The first-order valence-electron chi connectivity index (χ1n) is 3.63. The Labute approximate surface area is 84.2 Å². The molecule has 0 aromatic carbocycles. The third kappa shape index (κ3) is 1.45. The van der Waals surface area contributed by atoms with Crippen LogP contribution in [0.1, 0.15) is 0 Å². The number of anilines is 1. The fraction of sp³-hybridized carbons (Fsp3) is 0.286. The van der Waals surface area contributed by atoms with E-state index >= 15 is 0 Å². The van der Waals surface area contributed by atoms with Crippen LogP contribution in [0.5, 0.6) is 0 Å². The predicted molar refractivity (Wildman–Crippen MR) is 54.5 cm³/mol. The molecular weight excluding hydrogens is 208 g/mol. The van der Waals surface area contributed by atoms with Crippen molar-refractivity contribution in [1.82, 2.24) is 15.0 Å². The Morgan fingerprint density at radius 2 is 2.15 bits per heavy atom. The van der Waals surface area contributed by atoms with Crippen LogP contribution < -0.4 is 4.90 Å². The van der Waals surface area contributed by atoms with Crippen molar-refractivity contribution < 1.29 is 0 Å². The van der Waals surface area contributed by atoms with Crippen molar-refractivity contribution in [2.45, 2.75) is 0 Å². The lowest BCUT2D eigenvalue weighted by atomic mass is 10.6. The number of nitrogens with zero attached hydrogens (tertiary/aromatic N) is 4. The summed E-state index contributed by atoms with van der Waals surface area (Å²) in [6.07, 6.45) is 1.42. The Bertz CT molecular complexity index is 439. The van der Waals surface area contributed by atoms with Crippen LogP contribution in [0.25, 0.3) is 10.3 Å². The van der Waals surface area contributed by atoms with Gasteiger partial charge in [0.2, 0.25) is 0 Å². The molecule has 2 heterocycles. The molecule has 2 aromatic rings. The minimum atomic E-state index is 0.468. The van der Waals surface area contributed by atoms with Gasteiger partial charge in [0.1, 0.15) is 11.0 Å². The number of hydrogen-bond acceptors (Lipinski definition) is 5. The molecule has 0 atom stereocenters. The van der Waals surface area contributed by atoms with E-state index < -0.39 is 0 Å². The first kappa shape index (κ1) is 8.65. The second-order valence-corrected chi connectivity index (χ2v) is 4.04. The van der Waals surface area contributed by atoms with Gasteiger partial charge >= 0.3 is 0 Å². The number of fused-ring (bicyclic) bond motifs is 1. The molecule has 4 nitrogen and oxygen atoms in total. The first-order valence-corrected chi connectivity index (χ1v) is 4.82. The van der Waals surface area contributed by atoms with Crippen LogP contribution in [0.4, 0.5) is 5.13 Å². The maximum atomic E-state index is 5.88. The molecule has 0 spiro atoms. The average Bonchev–Trinajstić information content (AvgIpc) is 2.49. The van der Waals surface area contributed by atoms with E-state index in [-0.39, 0.29) is 0 Å². The van der Waals surface area contributed by atoms with Crippen LogP contribution in [0, 0.1) is 0 Å². The largest absolute Gasteiger partial charge is 0.354 e. The molecule has 68 valence electrons. The Balaban J connectivity index is 2.68. The molecule has 2 rings (SSSR count). The van der Waals surface area contributed by atoms with E-state index in [1.807, 2.05) is 19.0 Å². The number of aromatic nitrogens is 3. The highest BCUT2D eigenvalue weighted by Crippen LogP contribution is 2.29. The second-order valence-electron chi connectivity index (χ2n) is 2.71. The van der Waals surface area contributed by atoms with E-state index in [1.54, 1.807) is 0 Å². The van der Waals surface area contributed by atoms with Crippen LogP contribution in [0.3, 0.4) is 0 Å². The maximum Gasteiger partial charge on any atom is 0.187 e. The average molecular weight is 215 g/mol. The fourth-order valence-electron chi connectivity index (χ4n) is 0.907. The Morgan fingerprint density at radius 3 is 2.77 bits per heavy atom. The summed E-state index contributed by atoms with van der Waals surface area (Å²) in [5.41, 5.74) is 0.661. The lowest BCUT2D eigenvalue weighted by Gasteiger charge is -2.04. The van der Waals surface area contributed by atoms with Gasteiger partial charge in [-0.1, -0.05) is 22.9 Å². The van der Waals surface area contributed by atoms with Crippen molar-refractivity contribution in [3.63, 3.8) is 0 Å². The van der Waals surface area contributed by atoms with E-state index in [9.17, 15) is 0 Å². The predicted octanol–water partition coefficient (Wildman–Crippen LogP) is 1.81. The molecule has 0 aliphatic heterocycles. The molecule has 0 fully saturated rings. The van der Waals surface area contributed by atoms with Crippen molar-refractivity contribution in [1.29, 1.82) is 0 Å². The lowest BCUT2D eigenvalue weighted by Crippen LogP contribution is -2.07. The van der Waals surface area contributed by atoms with Crippen LogP contribution >= 0.6 is 22.9 Å². The highest BCUT2D eigenvalue weighted by molar-refractivity contribution is 7.22. The topological polar surface area (TPSA) is 41.9 Å². The van der Waals surface area contributed by atoms with Gasteiger partial charge in [-0.3, -0.25) is 0 Å². The minimum absolute atomic E-state index is 0.468. The fourth-order valence-corrected chi connectivity index (χ4v) is 1.97. The van der Waals surface area contributed by atoms with E-state index in [4.69, 9.17) is 11.6 Å². The Morgan fingerprint density at radius 1 is 1.38 bits per heavy atom. The number of halogens is 1. The smallest absolute Gasteiger partial charge is 0.187 e. The SMILES string of the molecule is CN(C)c1nc2ncnc(Cl)c2s1. The van der Waals surface area contributed by atoms with E-state index in [1.165, 1.54) is 17.7 Å². The van der Waals surface area contributed by atoms with Crippen molar-refractivity contribution in [3.8, 4) is 0 Å². The zero-order valence-corrected chi connectivity index (χ0v) is 8.72. The van der Waals surface area contributed by atoms with Gasteiger partial charge in [0.15, 0.2) is 15.9 Å². The van der Waals surface area contributed by atoms with Gasteiger partial charge in [0, 0.05) is 14.1 Å². The summed E-state index contributed by atoms with van der Waals surface area (Å²) in [6.45, 7) is 0. The Kier molecular flexibility index (Phi) is 2.05. The van der Waals surface area contributed by atoms with Crippen LogP contribution in [0.2, 0.25) is 5.15 Å². The minimum Gasteiger partial charge on any atom is -0.354 e. The van der Waals surface area contributed by atoms with Gasteiger partial charge in [-0.2, -0.15) is 4.98 Å². The third-order valence-corrected chi connectivity index (χ3v) is 3.14. The van der Waals surface area contributed by atoms with E-state index in [2.05, 4.69) is 15.0 Å². The zero-order chi connectivity index (χ0) is 9.42. The standard InChI is InChI=1S/C7H7ClN4S/c1-12(2)7-11-6-4(13-7)5(8)9-3-10-6/h3H,1-2H3. The molecule has 6 heteroatoms. The summed E-state index contributed by atoms with van der Waals surface area (Å²) in [7, 11) is 3.86. The van der Waals surface area contributed by atoms with E-state index in [0.717, 1.165) is 9.83 Å². The quantitative estimate of drug-likeness (QED) is 0.679. The van der Waals surface area contributed by atoms with E-state index in [0.29, 0.717) is 10.8 Å². The maximum absolute atomic E-state index is 5.88. The van der Waals surface area contributed by atoms with Crippen LogP contribution in [-0.4, -0.2) is 29.0 Å². The summed E-state index contributed by atoms with van der Waals surface area (Å²) in [4.78, 5) is 14.1. The molecule has 0 amide bonds. The van der Waals surface area contributed by atoms with Crippen molar-refractivity contribution >= 4 is 38.4 Å². The molecule has 13 heavy (non-hydrogen) atoms. The summed E-state index contributed by atoms with van der Waals surface area (Å²) < 4.78 is 0.841. The molecule has 0 aliphatic rings. The second kappa shape index (κ2) is 3.08. The molecule has 0 aliphatic carbocycles. The Hall–Kier alpha value is -0.940. The molecule has 0 N–H and O–H groups in total. The third-order valence-electron chi connectivity index (χ3n) is 1.52. The normalized spacial score (nSPS) is 10.7. The van der Waals surface area contributed by atoms with Gasteiger partial charge in [0.05, 0.1) is 0 Å². The molecule has 0 bridgehead atoms. The van der Waals surface area contributed by atoms with Crippen molar-refractivity contribution in [2.24, 2.45) is 0 Å². The highest BCUT2D eigenvalue weighted by atomic mass is 35.5. The zero-order valence-electron chi connectivity index (χ0n) is 7.15. The summed E-state index contributed by atoms with van der Waals surface area (Å²) in [6, 6.07) is 0. The molecule has 0 unspecified atom stereocenters. The number of hydrogen-bond donors (Lipinski definition) is 0. The molecule has 0 radical (unpaired) electrons. The van der Waals surface area contributed by atoms with Gasteiger partial charge in [0.25, 0.3) is 0 Å². The number of thiazole rings is 1. The van der Waals surface area contributed by atoms with Gasteiger partial charge in [-0.15, -0.1) is 0 Å². The van der Waals surface area contributed by atoms with Crippen molar-refractivity contribution in [3.05, 3.63) is 11.5 Å². The van der Waals surface area contributed by atoms with Crippen molar-refractivity contribution in [2.75, 3.05) is 19.0 Å². The summed E-state index contributed by atoms with van der Waals surface area (Å²) >= 11 is 7.37. The summed E-state index contributed by atoms with van der Waals surface area (Å²) in [5.74, 6) is 0. The molecule has 2 aromatic heterocycles. The van der Waals surface area contributed by atoms with Gasteiger partial charge in [-0.05, 0) is 0 Å². The van der Waals surface area contributed by atoms with Gasteiger partial charge in [-0.25, -0.2) is 9.97 Å². The molecular formula is C7H7ClN4S. The summed E-state index contributed by atoms with van der Waals surface area (Å²) in [5, 5.41) is 1.35. The van der Waals surface area contributed by atoms with Gasteiger partial charge < -0.3 is 4.90 Å². The highest BCUT2D eigenvalue weighted by Gasteiger charge is 2.09. The monoisotopic (exact) mass is 214 g/mol. The molecule has 0 saturated carbocycles. The number of rotatable bonds is 1. The lowest BCUT2D eigenvalue weighted by molar-refractivity contribution is 1.10. The molecule has 0 saturated heterocycles.